The van der Waals surface area contributed by atoms with Gasteiger partial charge in [-0.3, -0.25) is 4.79 Å². The summed E-state index contributed by atoms with van der Waals surface area (Å²) in [7, 11) is 1.79. The van der Waals surface area contributed by atoms with E-state index in [1.165, 1.54) is 30.4 Å². The zero-order chi connectivity index (χ0) is 26.2. The van der Waals surface area contributed by atoms with Crippen molar-refractivity contribution in [2.24, 2.45) is 5.92 Å². The number of hydrogen-bond donors (Lipinski definition) is 4. The average molecular weight is 497 g/mol. The minimum atomic E-state index is -1.59. The molecule has 192 valence electrons. The van der Waals surface area contributed by atoms with E-state index in [-0.39, 0.29) is 30.3 Å². The van der Waals surface area contributed by atoms with Gasteiger partial charge in [0, 0.05) is 31.1 Å². The van der Waals surface area contributed by atoms with Gasteiger partial charge in [0.2, 0.25) is 0 Å². The molecule has 3 rings (SSSR count). The molecule has 36 heavy (non-hydrogen) atoms. The second-order valence-electron chi connectivity index (χ2n) is 8.65. The molecule has 0 bridgehead atoms. The van der Waals surface area contributed by atoms with E-state index in [0.29, 0.717) is 17.7 Å². The Morgan fingerprint density at radius 1 is 1.17 bits per heavy atom. The highest BCUT2D eigenvalue weighted by Gasteiger charge is 2.25. The van der Waals surface area contributed by atoms with Crippen LogP contribution in [0.5, 0.6) is 11.5 Å². The number of aliphatic hydroxyl groups is 2. The average Bonchev–Trinajstić information content (AvgIpc) is 2.85. The van der Waals surface area contributed by atoms with Crippen molar-refractivity contribution in [3.8, 4) is 11.5 Å². The molecule has 4 atom stereocenters. The van der Waals surface area contributed by atoms with Gasteiger partial charge in [-0.25, -0.2) is 9.78 Å². The Kier molecular flexibility index (Phi) is 9.21. The lowest BCUT2D eigenvalue weighted by Crippen LogP contribution is -2.32. The molecule has 0 unspecified atom stereocenters. The maximum absolute atomic E-state index is 13.0. The Labute approximate surface area is 210 Å². The fourth-order valence-electron chi connectivity index (χ4n) is 3.58. The van der Waals surface area contributed by atoms with Crippen LogP contribution >= 0.6 is 0 Å². The van der Waals surface area contributed by atoms with Crippen LogP contribution in [0.15, 0.2) is 48.6 Å². The molecule has 9 nitrogen and oxygen atoms in total. The SMILES string of the molecule is CNc1cccc(CCOc2cc(O)c3c(c2)/C=C/C[C@H](O)[C@H](O)C(=O)/C=C\[C@H](C)[C@H](C)OC3=O)n1. The number of ether oxygens (including phenoxy) is 2. The van der Waals surface area contributed by atoms with Gasteiger partial charge in [0.25, 0.3) is 0 Å². The number of nitrogens with one attached hydrogen (secondary N) is 1. The maximum atomic E-state index is 13.0. The van der Waals surface area contributed by atoms with E-state index in [2.05, 4.69) is 10.3 Å². The summed E-state index contributed by atoms with van der Waals surface area (Å²) < 4.78 is 11.4. The van der Waals surface area contributed by atoms with Crippen LogP contribution in [-0.2, 0) is 16.0 Å². The zero-order valence-corrected chi connectivity index (χ0v) is 20.5. The summed E-state index contributed by atoms with van der Waals surface area (Å²) in [6.45, 7) is 3.69. The van der Waals surface area contributed by atoms with Gasteiger partial charge in [0.1, 0.15) is 35.1 Å². The topological polar surface area (TPSA) is 138 Å². The third-order valence-corrected chi connectivity index (χ3v) is 5.94. The molecule has 0 spiro atoms. The normalized spacial score (nSPS) is 24.7. The second kappa shape index (κ2) is 12.3. The molecule has 1 aromatic heterocycles. The maximum Gasteiger partial charge on any atom is 0.342 e. The molecule has 1 aliphatic rings. The number of hydrogen-bond acceptors (Lipinski definition) is 9. The number of carbonyl (C=O) groups excluding carboxylic acids is 2. The summed E-state index contributed by atoms with van der Waals surface area (Å²) in [5, 5.41) is 34.0. The second-order valence-corrected chi connectivity index (χ2v) is 8.65. The van der Waals surface area contributed by atoms with Gasteiger partial charge in [0.15, 0.2) is 5.78 Å². The van der Waals surface area contributed by atoms with E-state index in [0.717, 1.165) is 11.5 Å². The number of phenols is 1. The van der Waals surface area contributed by atoms with Gasteiger partial charge < -0.3 is 30.1 Å². The van der Waals surface area contributed by atoms with Gasteiger partial charge in [-0.05, 0) is 43.2 Å². The Morgan fingerprint density at radius 3 is 2.69 bits per heavy atom. The van der Waals surface area contributed by atoms with Crippen LogP contribution in [0.25, 0.3) is 6.08 Å². The van der Waals surface area contributed by atoms with E-state index in [1.807, 2.05) is 18.2 Å². The third kappa shape index (κ3) is 6.93. The minimum absolute atomic E-state index is 0.0480. The molecule has 0 aliphatic carbocycles. The first kappa shape index (κ1) is 26.9. The number of cyclic esters (lactones) is 1. The summed E-state index contributed by atoms with van der Waals surface area (Å²) in [5.41, 5.74) is 1.09. The van der Waals surface area contributed by atoms with Crippen molar-refractivity contribution in [2.75, 3.05) is 19.0 Å². The number of nitrogens with zero attached hydrogens (tertiary/aromatic N) is 1. The largest absolute Gasteiger partial charge is 0.507 e. The molecule has 2 heterocycles. The number of fused-ring (bicyclic) bond motifs is 1. The Morgan fingerprint density at radius 2 is 1.94 bits per heavy atom. The number of aromatic nitrogens is 1. The zero-order valence-electron chi connectivity index (χ0n) is 20.5. The third-order valence-electron chi connectivity index (χ3n) is 5.94. The van der Waals surface area contributed by atoms with Gasteiger partial charge in [-0.1, -0.05) is 31.2 Å². The van der Waals surface area contributed by atoms with Crippen molar-refractivity contribution < 1.29 is 34.4 Å². The molecule has 4 N–H and O–H groups in total. The number of esters is 1. The predicted molar refractivity (Wildman–Crippen MR) is 135 cm³/mol. The van der Waals surface area contributed by atoms with Crippen molar-refractivity contribution in [1.82, 2.24) is 4.98 Å². The molecule has 0 radical (unpaired) electrons. The molecule has 0 saturated heterocycles. The molecular weight excluding hydrogens is 464 g/mol. The molecule has 1 aliphatic heterocycles. The first-order chi connectivity index (χ1) is 17.2. The standard InChI is InChI=1S/C27H32N2O7/c1-16-10-11-22(31)26(33)21(30)8-4-6-18-14-20(15-23(32)25(18)27(34)36-17(16)2)35-13-12-19-7-5-9-24(28-3)29-19/h4-7,9-11,14-17,21,26,30,32-33H,8,12-13H2,1-3H3,(H,28,29)/b6-4+,11-10-/t16-,17-,21-,26-/m0/s1. The van der Waals surface area contributed by atoms with E-state index in [9.17, 15) is 24.9 Å². The van der Waals surface area contributed by atoms with Gasteiger partial charge in [-0.2, -0.15) is 0 Å². The van der Waals surface area contributed by atoms with Crippen molar-refractivity contribution in [2.45, 2.75) is 45.0 Å². The lowest BCUT2D eigenvalue weighted by molar-refractivity contribution is -0.127. The summed E-state index contributed by atoms with van der Waals surface area (Å²) in [4.78, 5) is 29.5. The molecule has 0 fully saturated rings. The number of anilines is 1. The van der Waals surface area contributed by atoms with Crippen molar-refractivity contribution in [3.63, 3.8) is 0 Å². The van der Waals surface area contributed by atoms with Gasteiger partial charge in [-0.15, -0.1) is 0 Å². The number of benzene rings is 1. The van der Waals surface area contributed by atoms with Crippen LogP contribution in [0.2, 0.25) is 0 Å². The first-order valence-electron chi connectivity index (χ1n) is 11.8. The van der Waals surface area contributed by atoms with Crippen molar-refractivity contribution in [1.29, 1.82) is 0 Å². The van der Waals surface area contributed by atoms with Gasteiger partial charge >= 0.3 is 5.97 Å². The number of aromatic hydroxyl groups is 1. The molecule has 2 aromatic rings. The highest BCUT2D eigenvalue weighted by Crippen LogP contribution is 2.31. The molecule has 1 aromatic carbocycles. The predicted octanol–water partition coefficient (Wildman–Crippen LogP) is 2.90. The van der Waals surface area contributed by atoms with Crippen LogP contribution in [0.4, 0.5) is 5.82 Å². The summed E-state index contributed by atoms with van der Waals surface area (Å²) in [6, 6.07) is 8.55. The smallest absolute Gasteiger partial charge is 0.342 e. The van der Waals surface area contributed by atoms with Gasteiger partial charge in [0.05, 0.1) is 12.7 Å². The number of pyridine rings is 1. The van der Waals surface area contributed by atoms with Crippen molar-refractivity contribution in [3.05, 3.63) is 65.4 Å². The lowest BCUT2D eigenvalue weighted by atomic mass is 9.99. The molecular formula is C27H32N2O7. The molecule has 9 heteroatoms. The van der Waals surface area contributed by atoms with Crippen LogP contribution in [0, 0.1) is 5.92 Å². The monoisotopic (exact) mass is 496 g/mol. The number of ketones is 1. The summed E-state index contributed by atoms with van der Waals surface area (Å²) >= 11 is 0. The number of phenolic OH excluding ortho intramolecular Hbond substituents is 1. The summed E-state index contributed by atoms with van der Waals surface area (Å²) in [6.07, 6.45) is 2.62. The Balaban J connectivity index is 1.86. The number of carbonyl (C=O) groups is 2. The highest BCUT2D eigenvalue weighted by molar-refractivity contribution is 5.97. The molecule has 0 amide bonds. The number of rotatable bonds is 5. The van der Waals surface area contributed by atoms with E-state index in [1.54, 1.807) is 27.0 Å². The van der Waals surface area contributed by atoms with Crippen LogP contribution < -0.4 is 10.1 Å². The first-order valence-corrected chi connectivity index (χ1v) is 11.8. The lowest BCUT2D eigenvalue weighted by Gasteiger charge is -2.20. The van der Waals surface area contributed by atoms with Crippen LogP contribution in [-0.4, -0.2) is 64.0 Å². The number of aliphatic hydroxyl groups excluding tert-OH is 2. The fraction of sp³-hybridized carbons (Fsp3) is 0.370. The molecule has 0 saturated carbocycles. The van der Waals surface area contributed by atoms with Crippen molar-refractivity contribution >= 4 is 23.6 Å². The van der Waals surface area contributed by atoms with Crippen LogP contribution in [0.3, 0.4) is 0 Å². The quantitative estimate of drug-likeness (QED) is 0.460. The van der Waals surface area contributed by atoms with E-state index >= 15 is 0 Å². The fourth-order valence-corrected chi connectivity index (χ4v) is 3.58. The minimum Gasteiger partial charge on any atom is -0.507 e. The van der Waals surface area contributed by atoms with E-state index in [4.69, 9.17) is 9.47 Å². The Hall–Kier alpha value is -3.69. The highest BCUT2D eigenvalue weighted by atomic mass is 16.5. The summed E-state index contributed by atoms with van der Waals surface area (Å²) in [5.74, 6) is -0.970. The Bertz CT molecular complexity index is 1140. The van der Waals surface area contributed by atoms with Crippen LogP contribution in [0.1, 0.15) is 41.9 Å². The van der Waals surface area contributed by atoms with E-state index < -0.39 is 30.1 Å².